The highest BCUT2D eigenvalue weighted by atomic mass is 79.9. The maximum atomic E-state index is 4.09. The molecule has 0 saturated carbocycles. The van der Waals surface area contributed by atoms with Crippen molar-refractivity contribution in [1.29, 1.82) is 0 Å². The van der Waals surface area contributed by atoms with Crippen LogP contribution in [0.1, 0.15) is 20.8 Å². The predicted octanol–water partition coefficient (Wildman–Crippen LogP) is 2.45. The van der Waals surface area contributed by atoms with E-state index in [1.54, 1.807) is 12.4 Å². The second-order valence-corrected chi connectivity index (χ2v) is 4.52. The van der Waals surface area contributed by atoms with Gasteiger partial charge < -0.3 is 5.32 Å². The van der Waals surface area contributed by atoms with Crippen LogP contribution in [0.5, 0.6) is 0 Å². The molecule has 0 radical (unpaired) electrons. The van der Waals surface area contributed by atoms with Crippen LogP contribution in [0.4, 0.5) is 5.95 Å². The fourth-order valence-electron chi connectivity index (χ4n) is 0.712. The summed E-state index contributed by atoms with van der Waals surface area (Å²) in [7, 11) is 0. The van der Waals surface area contributed by atoms with Crippen molar-refractivity contribution in [2.45, 2.75) is 26.3 Å². The first-order valence-electron chi connectivity index (χ1n) is 3.73. The third-order valence-electron chi connectivity index (χ3n) is 1.11. The largest absolute Gasteiger partial charge is 0.350 e. The Labute approximate surface area is 80.7 Å². The van der Waals surface area contributed by atoms with Gasteiger partial charge in [0.25, 0.3) is 0 Å². The van der Waals surface area contributed by atoms with Gasteiger partial charge in [0.15, 0.2) is 0 Å². The van der Waals surface area contributed by atoms with Crippen LogP contribution in [0.15, 0.2) is 16.9 Å². The standard InChI is InChI=1S/C8H12BrN3/c1-8(2,3)12-7-10-4-6(9)5-11-7/h4-5H,1-3H3,(H,10,11,12). The Bertz CT molecular complexity index is 250. The van der Waals surface area contributed by atoms with E-state index in [0.29, 0.717) is 5.95 Å². The van der Waals surface area contributed by atoms with E-state index in [2.05, 4.69) is 52.0 Å². The molecule has 0 saturated heterocycles. The second kappa shape index (κ2) is 3.39. The first-order chi connectivity index (χ1) is 5.47. The van der Waals surface area contributed by atoms with Gasteiger partial charge in [-0.2, -0.15) is 0 Å². The van der Waals surface area contributed by atoms with Crippen LogP contribution < -0.4 is 5.32 Å². The van der Waals surface area contributed by atoms with Crippen molar-refractivity contribution >= 4 is 21.9 Å². The summed E-state index contributed by atoms with van der Waals surface area (Å²) in [5.74, 6) is 0.658. The van der Waals surface area contributed by atoms with Crippen LogP contribution in [0.3, 0.4) is 0 Å². The molecule has 0 aliphatic rings. The minimum absolute atomic E-state index is 0.00777. The monoisotopic (exact) mass is 229 g/mol. The average Bonchev–Trinajstić information content (AvgIpc) is 1.91. The molecule has 0 bridgehead atoms. The van der Waals surface area contributed by atoms with Gasteiger partial charge in [0.2, 0.25) is 5.95 Å². The highest BCUT2D eigenvalue weighted by molar-refractivity contribution is 9.10. The summed E-state index contributed by atoms with van der Waals surface area (Å²) in [5, 5.41) is 3.17. The van der Waals surface area contributed by atoms with Gasteiger partial charge in [0.1, 0.15) is 0 Å². The molecule has 3 nitrogen and oxygen atoms in total. The number of nitrogens with zero attached hydrogens (tertiary/aromatic N) is 2. The number of nitrogens with one attached hydrogen (secondary N) is 1. The summed E-state index contributed by atoms with van der Waals surface area (Å²) in [4.78, 5) is 8.19. The molecule has 12 heavy (non-hydrogen) atoms. The summed E-state index contributed by atoms with van der Waals surface area (Å²) >= 11 is 3.27. The Morgan fingerprint density at radius 3 is 2.17 bits per heavy atom. The van der Waals surface area contributed by atoms with E-state index in [1.807, 2.05) is 0 Å². The van der Waals surface area contributed by atoms with Gasteiger partial charge in [-0.1, -0.05) is 0 Å². The molecule has 0 fully saturated rings. The maximum Gasteiger partial charge on any atom is 0.223 e. The van der Waals surface area contributed by atoms with Crippen LogP contribution in [-0.2, 0) is 0 Å². The predicted molar refractivity (Wildman–Crippen MR) is 53.1 cm³/mol. The summed E-state index contributed by atoms with van der Waals surface area (Å²) in [6, 6.07) is 0. The van der Waals surface area contributed by atoms with Crippen LogP contribution >= 0.6 is 15.9 Å². The summed E-state index contributed by atoms with van der Waals surface area (Å²) in [6.07, 6.45) is 3.45. The van der Waals surface area contributed by atoms with Gasteiger partial charge in [0, 0.05) is 17.9 Å². The van der Waals surface area contributed by atoms with Crippen molar-refractivity contribution in [1.82, 2.24) is 9.97 Å². The first-order valence-corrected chi connectivity index (χ1v) is 4.52. The molecule has 1 aromatic rings. The maximum absolute atomic E-state index is 4.09. The van der Waals surface area contributed by atoms with Gasteiger partial charge in [-0.3, -0.25) is 0 Å². The summed E-state index contributed by atoms with van der Waals surface area (Å²) in [5.41, 5.74) is 0.00777. The Balaban J connectivity index is 2.71. The zero-order chi connectivity index (χ0) is 9.19. The van der Waals surface area contributed by atoms with Crippen LogP contribution in [0.25, 0.3) is 0 Å². The molecule has 0 unspecified atom stereocenters. The molecule has 0 atom stereocenters. The van der Waals surface area contributed by atoms with Crippen molar-refractivity contribution in [3.8, 4) is 0 Å². The third-order valence-corrected chi connectivity index (χ3v) is 1.52. The second-order valence-electron chi connectivity index (χ2n) is 3.60. The van der Waals surface area contributed by atoms with Gasteiger partial charge in [0.05, 0.1) is 4.47 Å². The molecular weight excluding hydrogens is 218 g/mol. The van der Waals surface area contributed by atoms with Crippen molar-refractivity contribution in [3.63, 3.8) is 0 Å². The fraction of sp³-hybridized carbons (Fsp3) is 0.500. The van der Waals surface area contributed by atoms with Gasteiger partial charge in [-0.25, -0.2) is 9.97 Å². The highest BCUT2D eigenvalue weighted by Crippen LogP contribution is 2.11. The topological polar surface area (TPSA) is 37.8 Å². The zero-order valence-corrected chi connectivity index (χ0v) is 9.01. The van der Waals surface area contributed by atoms with Crippen LogP contribution in [0.2, 0.25) is 0 Å². The van der Waals surface area contributed by atoms with E-state index < -0.39 is 0 Å². The van der Waals surface area contributed by atoms with Gasteiger partial charge in [-0.05, 0) is 36.7 Å². The van der Waals surface area contributed by atoms with E-state index in [-0.39, 0.29) is 5.54 Å². The Kier molecular flexibility index (Phi) is 2.67. The molecule has 1 aromatic heterocycles. The van der Waals surface area contributed by atoms with E-state index in [0.717, 1.165) is 4.47 Å². The number of hydrogen-bond donors (Lipinski definition) is 1. The van der Waals surface area contributed by atoms with E-state index in [4.69, 9.17) is 0 Å². The number of rotatable bonds is 1. The fourth-order valence-corrected chi connectivity index (χ4v) is 0.917. The zero-order valence-electron chi connectivity index (χ0n) is 7.43. The van der Waals surface area contributed by atoms with Crippen LogP contribution in [0, 0.1) is 0 Å². The number of aromatic nitrogens is 2. The molecule has 1 rings (SSSR count). The smallest absolute Gasteiger partial charge is 0.223 e. The average molecular weight is 230 g/mol. The Morgan fingerprint density at radius 2 is 1.75 bits per heavy atom. The molecule has 0 aliphatic carbocycles. The Hall–Kier alpha value is -0.640. The van der Waals surface area contributed by atoms with Gasteiger partial charge in [-0.15, -0.1) is 0 Å². The third kappa shape index (κ3) is 3.17. The normalized spacial score (nSPS) is 11.3. The molecule has 66 valence electrons. The van der Waals surface area contributed by atoms with E-state index in [1.165, 1.54) is 0 Å². The quantitative estimate of drug-likeness (QED) is 0.805. The minimum atomic E-state index is 0.00777. The molecule has 1 N–H and O–H groups in total. The van der Waals surface area contributed by atoms with Crippen molar-refractivity contribution in [3.05, 3.63) is 16.9 Å². The molecular formula is C8H12BrN3. The summed E-state index contributed by atoms with van der Waals surface area (Å²) < 4.78 is 0.891. The lowest BCUT2D eigenvalue weighted by atomic mass is 10.1. The molecule has 0 amide bonds. The summed E-state index contributed by atoms with van der Waals surface area (Å²) in [6.45, 7) is 6.20. The molecule has 1 heterocycles. The number of hydrogen-bond acceptors (Lipinski definition) is 3. The van der Waals surface area contributed by atoms with Crippen molar-refractivity contribution in [2.24, 2.45) is 0 Å². The van der Waals surface area contributed by atoms with E-state index in [9.17, 15) is 0 Å². The molecule has 0 aliphatic heterocycles. The lowest BCUT2D eigenvalue weighted by molar-refractivity contribution is 0.626. The van der Waals surface area contributed by atoms with E-state index >= 15 is 0 Å². The first kappa shape index (κ1) is 9.45. The van der Waals surface area contributed by atoms with Crippen LogP contribution in [-0.4, -0.2) is 15.5 Å². The lowest BCUT2D eigenvalue weighted by Crippen LogP contribution is -2.27. The van der Waals surface area contributed by atoms with Crippen molar-refractivity contribution in [2.75, 3.05) is 5.32 Å². The minimum Gasteiger partial charge on any atom is -0.350 e. The molecule has 4 heteroatoms. The number of halogens is 1. The van der Waals surface area contributed by atoms with Gasteiger partial charge >= 0.3 is 0 Å². The SMILES string of the molecule is CC(C)(C)Nc1ncc(Br)cn1. The molecule has 0 spiro atoms. The number of anilines is 1. The lowest BCUT2D eigenvalue weighted by Gasteiger charge is -2.19. The highest BCUT2D eigenvalue weighted by Gasteiger charge is 2.10. The van der Waals surface area contributed by atoms with Crippen molar-refractivity contribution < 1.29 is 0 Å². The molecule has 0 aromatic carbocycles. The Morgan fingerprint density at radius 1 is 1.25 bits per heavy atom.